The fourth-order valence-corrected chi connectivity index (χ4v) is 5.02. The Bertz CT molecular complexity index is 451. The van der Waals surface area contributed by atoms with Crippen molar-refractivity contribution in [1.29, 1.82) is 0 Å². The van der Waals surface area contributed by atoms with Gasteiger partial charge in [0, 0.05) is 37.2 Å². The number of aliphatic hydroxyl groups is 2. The van der Waals surface area contributed by atoms with Crippen LogP contribution in [0.2, 0.25) is 0 Å². The van der Waals surface area contributed by atoms with Crippen LogP contribution in [0.1, 0.15) is 19.8 Å². The minimum atomic E-state index is -0.811. The summed E-state index contributed by atoms with van der Waals surface area (Å²) in [7, 11) is 1.67. The molecule has 5 nitrogen and oxygen atoms in total. The molecule has 7 heteroatoms. The number of halogens is 2. The van der Waals surface area contributed by atoms with Gasteiger partial charge in [-0.05, 0) is 19.8 Å². The van der Waals surface area contributed by atoms with Crippen molar-refractivity contribution in [1.82, 2.24) is 4.90 Å². The van der Waals surface area contributed by atoms with E-state index in [0.29, 0.717) is 5.92 Å². The Balaban J connectivity index is 1.81. The molecule has 2 aliphatic heterocycles. The van der Waals surface area contributed by atoms with E-state index >= 15 is 0 Å². The molecule has 3 aliphatic rings. The van der Waals surface area contributed by atoms with Crippen molar-refractivity contribution in [3.05, 3.63) is 0 Å². The number of fused-ring (bicyclic) bond motifs is 3. The average Bonchev–Trinajstić information content (AvgIpc) is 2.86. The molecule has 0 spiro atoms. The van der Waals surface area contributed by atoms with Crippen molar-refractivity contribution >= 4 is 28.9 Å². The SMILES string of the molecule is COC1CC2C(=NC3C[C@@H](C)N(C(O)CO)CC32)C(Cl)C1Cl. The Labute approximate surface area is 141 Å². The molecule has 1 aliphatic carbocycles. The zero-order valence-corrected chi connectivity index (χ0v) is 14.4. The maximum absolute atomic E-state index is 10.0. The second-order valence-corrected chi connectivity index (χ2v) is 7.67. The molecule has 1 saturated carbocycles. The van der Waals surface area contributed by atoms with E-state index in [9.17, 15) is 10.2 Å². The molecule has 1 saturated heterocycles. The molecule has 2 N–H and O–H groups in total. The van der Waals surface area contributed by atoms with Crippen LogP contribution in [0.5, 0.6) is 0 Å². The van der Waals surface area contributed by atoms with Crippen LogP contribution in [-0.4, -0.2) is 76.3 Å². The monoisotopic (exact) mass is 350 g/mol. The second-order valence-electron chi connectivity index (χ2n) is 6.69. The number of aliphatic hydroxyl groups excluding tert-OH is 2. The molecule has 0 radical (unpaired) electrons. The van der Waals surface area contributed by atoms with Crippen LogP contribution in [0, 0.1) is 11.8 Å². The number of likely N-dealkylation sites (tertiary alicyclic amines) is 1. The summed E-state index contributed by atoms with van der Waals surface area (Å²) in [5, 5.41) is 18.7. The highest BCUT2D eigenvalue weighted by Crippen LogP contribution is 2.45. The smallest absolute Gasteiger partial charge is 0.130 e. The third-order valence-corrected chi connectivity index (χ3v) is 6.69. The molecule has 22 heavy (non-hydrogen) atoms. The van der Waals surface area contributed by atoms with Crippen molar-refractivity contribution in [2.24, 2.45) is 16.8 Å². The highest BCUT2D eigenvalue weighted by molar-refractivity contribution is 6.39. The summed E-state index contributed by atoms with van der Waals surface area (Å²) >= 11 is 12.9. The van der Waals surface area contributed by atoms with E-state index < -0.39 is 6.23 Å². The minimum absolute atomic E-state index is 0.0672. The van der Waals surface area contributed by atoms with E-state index in [1.165, 1.54) is 0 Å². The van der Waals surface area contributed by atoms with Crippen LogP contribution in [-0.2, 0) is 4.74 Å². The van der Waals surface area contributed by atoms with Crippen molar-refractivity contribution in [3.8, 4) is 0 Å². The van der Waals surface area contributed by atoms with Crippen LogP contribution in [0.3, 0.4) is 0 Å². The Morgan fingerprint density at radius 2 is 2.14 bits per heavy atom. The molecule has 0 amide bonds. The van der Waals surface area contributed by atoms with Gasteiger partial charge >= 0.3 is 0 Å². The van der Waals surface area contributed by atoms with Crippen molar-refractivity contribution in [2.75, 3.05) is 20.3 Å². The lowest BCUT2D eigenvalue weighted by atomic mass is 9.74. The Kier molecular flexibility index (Phi) is 5.03. The third-order valence-electron chi connectivity index (χ3n) is 5.53. The summed E-state index contributed by atoms with van der Waals surface area (Å²) in [6.45, 7) is 2.54. The normalized spacial score (nSPS) is 46.8. The number of piperidine rings is 1. The molecule has 126 valence electrons. The summed E-state index contributed by atoms with van der Waals surface area (Å²) < 4.78 is 5.50. The predicted octanol–water partition coefficient (Wildman–Crippen LogP) is 1.08. The number of nitrogens with zero attached hydrogens (tertiary/aromatic N) is 2. The number of rotatable bonds is 3. The van der Waals surface area contributed by atoms with E-state index in [4.69, 9.17) is 32.9 Å². The average molecular weight is 351 g/mol. The molecule has 0 bridgehead atoms. The van der Waals surface area contributed by atoms with Gasteiger partial charge in [-0.1, -0.05) is 0 Å². The van der Waals surface area contributed by atoms with Crippen molar-refractivity contribution in [2.45, 2.75) is 54.9 Å². The fraction of sp³-hybridized carbons (Fsp3) is 0.933. The maximum Gasteiger partial charge on any atom is 0.130 e. The van der Waals surface area contributed by atoms with Gasteiger partial charge in [0.25, 0.3) is 0 Å². The second kappa shape index (κ2) is 6.54. The number of methoxy groups -OCH3 is 1. The lowest BCUT2D eigenvalue weighted by Gasteiger charge is -2.44. The van der Waals surface area contributed by atoms with Gasteiger partial charge in [-0.25, -0.2) is 0 Å². The standard InChI is InChI=1S/C15H24Cl2N2O3/c1-7-3-10-9(5-19(7)12(21)6-20)8-4-11(22-2)13(16)14(17)15(8)18-10/h7-14,20-21H,3-6H2,1-2H3/t7-,8?,9?,10?,11?,12?,13?,14?/m1/s1. The summed E-state index contributed by atoms with van der Waals surface area (Å²) in [6, 6.07) is 0.421. The van der Waals surface area contributed by atoms with Gasteiger partial charge in [-0.3, -0.25) is 9.89 Å². The lowest BCUT2D eigenvalue weighted by Crippen LogP contribution is -2.55. The van der Waals surface area contributed by atoms with Crippen LogP contribution >= 0.6 is 23.2 Å². The Morgan fingerprint density at radius 3 is 2.77 bits per heavy atom. The number of ether oxygens (including phenoxy) is 1. The van der Waals surface area contributed by atoms with Gasteiger partial charge in [-0.15, -0.1) is 23.2 Å². The summed E-state index contributed by atoms with van der Waals surface area (Å²) in [6.07, 6.45) is 0.818. The molecule has 0 aromatic carbocycles. The van der Waals surface area contributed by atoms with Gasteiger partial charge in [0.15, 0.2) is 0 Å². The quantitative estimate of drug-likeness (QED) is 0.747. The van der Waals surface area contributed by atoms with Crippen molar-refractivity contribution in [3.63, 3.8) is 0 Å². The highest BCUT2D eigenvalue weighted by atomic mass is 35.5. The Morgan fingerprint density at radius 1 is 1.41 bits per heavy atom. The highest BCUT2D eigenvalue weighted by Gasteiger charge is 2.52. The maximum atomic E-state index is 10.0. The molecular formula is C15H24Cl2N2O3. The molecular weight excluding hydrogens is 327 g/mol. The van der Waals surface area contributed by atoms with E-state index in [1.54, 1.807) is 7.11 Å². The van der Waals surface area contributed by atoms with Gasteiger partial charge in [0.2, 0.25) is 0 Å². The Hall–Kier alpha value is 0.0900. The summed E-state index contributed by atoms with van der Waals surface area (Å²) in [5.74, 6) is 0.573. The number of alkyl halides is 2. The van der Waals surface area contributed by atoms with Crippen LogP contribution in [0.25, 0.3) is 0 Å². The fourth-order valence-electron chi connectivity index (χ4n) is 4.30. The molecule has 2 fully saturated rings. The topological polar surface area (TPSA) is 65.3 Å². The predicted molar refractivity (Wildman–Crippen MR) is 86.8 cm³/mol. The van der Waals surface area contributed by atoms with Crippen LogP contribution in [0.15, 0.2) is 4.99 Å². The number of hydrogen-bond acceptors (Lipinski definition) is 5. The molecule has 3 rings (SSSR count). The third kappa shape index (κ3) is 2.70. The number of aliphatic imine (C=N–C) groups is 1. The van der Waals surface area contributed by atoms with E-state index in [2.05, 4.69) is 6.92 Å². The molecule has 2 heterocycles. The zero-order chi connectivity index (χ0) is 16.0. The molecule has 7 unspecified atom stereocenters. The first-order chi connectivity index (χ1) is 10.5. The molecule has 8 atom stereocenters. The summed E-state index contributed by atoms with van der Waals surface area (Å²) in [4.78, 5) is 6.85. The van der Waals surface area contributed by atoms with Crippen LogP contribution < -0.4 is 0 Å². The van der Waals surface area contributed by atoms with Gasteiger partial charge in [0.1, 0.15) is 6.23 Å². The lowest BCUT2D eigenvalue weighted by molar-refractivity contribution is -0.0828. The van der Waals surface area contributed by atoms with Crippen molar-refractivity contribution < 1.29 is 14.9 Å². The van der Waals surface area contributed by atoms with Gasteiger partial charge < -0.3 is 14.9 Å². The first-order valence-electron chi connectivity index (χ1n) is 7.91. The van der Waals surface area contributed by atoms with Gasteiger partial charge in [0.05, 0.1) is 29.5 Å². The zero-order valence-electron chi connectivity index (χ0n) is 12.9. The van der Waals surface area contributed by atoms with Crippen LogP contribution in [0.4, 0.5) is 0 Å². The van der Waals surface area contributed by atoms with E-state index in [1.807, 2.05) is 4.90 Å². The van der Waals surface area contributed by atoms with E-state index in [-0.39, 0.29) is 41.5 Å². The first-order valence-corrected chi connectivity index (χ1v) is 8.78. The number of hydrogen-bond donors (Lipinski definition) is 2. The largest absolute Gasteiger partial charge is 0.392 e. The summed E-state index contributed by atoms with van der Waals surface area (Å²) in [5.41, 5.74) is 1.01. The molecule has 0 aromatic rings. The first kappa shape index (κ1) is 16.9. The molecule has 0 aromatic heterocycles. The van der Waals surface area contributed by atoms with E-state index in [0.717, 1.165) is 25.1 Å². The van der Waals surface area contributed by atoms with Gasteiger partial charge in [-0.2, -0.15) is 0 Å². The minimum Gasteiger partial charge on any atom is -0.392 e.